The summed E-state index contributed by atoms with van der Waals surface area (Å²) in [4.78, 5) is 38.4. The number of aliphatic hydroxyl groups excluding tert-OH is 1. The lowest BCUT2D eigenvalue weighted by Crippen LogP contribution is -2.48. The van der Waals surface area contributed by atoms with E-state index in [-0.39, 0.29) is 48.2 Å². The summed E-state index contributed by atoms with van der Waals surface area (Å²) in [5, 5.41) is 17.0. The molecule has 1 fully saturated rings. The van der Waals surface area contributed by atoms with Crippen molar-refractivity contribution in [3.8, 4) is 11.3 Å². The fourth-order valence-corrected chi connectivity index (χ4v) is 8.22. The lowest BCUT2D eigenvalue weighted by atomic mass is 9.99. The van der Waals surface area contributed by atoms with Crippen molar-refractivity contribution < 1.29 is 23.9 Å². The highest BCUT2D eigenvalue weighted by Gasteiger charge is 2.44. The molecule has 2 amide bonds. The maximum absolute atomic E-state index is 14.0. The number of nitrogens with zero attached hydrogens (tertiary/aromatic N) is 3. The van der Waals surface area contributed by atoms with E-state index in [9.17, 15) is 14.7 Å². The Morgan fingerprint density at radius 2 is 1.90 bits per heavy atom. The fraction of sp³-hybridized carbons (Fsp3) is 0.500. The van der Waals surface area contributed by atoms with E-state index >= 15 is 0 Å². The monoisotopic (exact) mass is 691 g/mol. The first-order valence-electron chi connectivity index (χ1n) is 16.8. The van der Waals surface area contributed by atoms with Crippen LogP contribution in [0.4, 0.5) is 5.95 Å². The van der Waals surface area contributed by atoms with Crippen molar-refractivity contribution in [2.24, 2.45) is 0 Å². The summed E-state index contributed by atoms with van der Waals surface area (Å²) in [5.74, 6) is -0.0755. The third-order valence-corrected chi connectivity index (χ3v) is 15.1. The van der Waals surface area contributed by atoms with Gasteiger partial charge in [0.1, 0.15) is 6.54 Å². The number of carbonyl (C=O) groups excluding carboxylic acids is 2. The van der Waals surface area contributed by atoms with Crippen LogP contribution in [-0.4, -0.2) is 78.6 Å². The Kier molecular flexibility index (Phi) is 9.97. The second-order valence-electron chi connectivity index (χ2n) is 14.5. The van der Waals surface area contributed by atoms with E-state index in [4.69, 9.17) is 25.7 Å². The summed E-state index contributed by atoms with van der Waals surface area (Å²) in [6.07, 6.45) is 4.12. The molecule has 256 valence electrons. The van der Waals surface area contributed by atoms with Crippen LogP contribution in [0.25, 0.3) is 11.3 Å². The van der Waals surface area contributed by atoms with Crippen molar-refractivity contribution in [1.29, 1.82) is 0 Å². The molecule has 3 atom stereocenters. The minimum absolute atomic E-state index is 0.0132. The third-order valence-electron chi connectivity index (χ3n) is 10.3. The van der Waals surface area contributed by atoms with Gasteiger partial charge in [-0.3, -0.25) is 9.59 Å². The van der Waals surface area contributed by atoms with Gasteiger partial charge in [-0.05, 0) is 60.2 Å². The van der Waals surface area contributed by atoms with Gasteiger partial charge in [-0.1, -0.05) is 68.8 Å². The molecular weight excluding hydrogens is 646 g/mol. The van der Waals surface area contributed by atoms with Crippen LogP contribution in [0.3, 0.4) is 0 Å². The molecule has 1 aliphatic carbocycles. The summed E-state index contributed by atoms with van der Waals surface area (Å²) in [5.41, 5.74) is 4.64. The van der Waals surface area contributed by atoms with E-state index in [0.717, 1.165) is 36.0 Å². The van der Waals surface area contributed by atoms with Gasteiger partial charge in [0, 0.05) is 43.4 Å². The van der Waals surface area contributed by atoms with Crippen molar-refractivity contribution in [3.05, 3.63) is 75.9 Å². The van der Waals surface area contributed by atoms with Crippen LogP contribution in [0, 0.1) is 0 Å². The van der Waals surface area contributed by atoms with Crippen molar-refractivity contribution in [3.63, 3.8) is 0 Å². The molecule has 0 spiro atoms. The van der Waals surface area contributed by atoms with Gasteiger partial charge in [0.25, 0.3) is 5.91 Å². The van der Waals surface area contributed by atoms with Gasteiger partial charge >= 0.3 is 0 Å². The smallest absolute Gasteiger partial charge is 0.255 e. The number of fused-ring (bicyclic) bond motifs is 2. The zero-order chi connectivity index (χ0) is 34.2. The Bertz CT molecular complexity index is 1670. The van der Waals surface area contributed by atoms with Crippen LogP contribution in [-0.2, 0) is 20.4 Å². The summed E-state index contributed by atoms with van der Waals surface area (Å²) >= 11 is 6.57. The number of benzene rings is 2. The topological polar surface area (TPSA) is 126 Å². The van der Waals surface area contributed by atoms with Gasteiger partial charge in [-0.2, -0.15) is 0 Å². The number of aliphatic hydroxyl groups is 1. The number of carbonyl (C=O) groups is 2. The minimum atomic E-state index is -2.14. The Balaban J connectivity index is 1.22. The van der Waals surface area contributed by atoms with Crippen LogP contribution in [0.2, 0.25) is 23.2 Å². The van der Waals surface area contributed by atoms with Gasteiger partial charge in [0.15, 0.2) is 8.32 Å². The van der Waals surface area contributed by atoms with Gasteiger partial charge < -0.3 is 29.8 Å². The van der Waals surface area contributed by atoms with Crippen LogP contribution >= 0.6 is 11.6 Å². The molecule has 1 saturated heterocycles. The number of halogens is 1. The number of anilines is 1. The number of nitrogens with one attached hydrogen (secondary N) is 2. The molecule has 3 N–H and O–H groups in total. The van der Waals surface area contributed by atoms with E-state index in [2.05, 4.69) is 55.5 Å². The summed E-state index contributed by atoms with van der Waals surface area (Å²) in [6, 6.07) is 13.1. The summed E-state index contributed by atoms with van der Waals surface area (Å²) in [6.45, 7) is 12.2. The molecule has 3 aliphatic rings. The maximum Gasteiger partial charge on any atom is 0.255 e. The lowest BCUT2D eigenvalue weighted by molar-refractivity contribution is -0.123. The molecule has 10 nitrogen and oxygen atoms in total. The molecule has 6 rings (SSSR count). The van der Waals surface area contributed by atoms with E-state index in [1.807, 2.05) is 30.3 Å². The average molecular weight is 692 g/mol. The summed E-state index contributed by atoms with van der Waals surface area (Å²) < 4.78 is 12.3. The van der Waals surface area contributed by atoms with E-state index in [1.54, 1.807) is 17.2 Å². The Labute approximate surface area is 288 Å². The number of hydrogen-bond acceptors (Lipinski definition) is 8. The minimum Gasteiger partial charge on any atom is -0.411 e. The van der Waals surface area contributed by atoms with Crippen molar-refractivity contribution >= 4 is 37.7 Å². The molecule has 3 aromatic rings. The number of amides is 2. The Morgan fingerprint density at radius 3 is 2.62 bits per heavy atom. The maximum atomic E-state index is 14.0. The molecule has 2 unspecified atom stereocenters. The van der Waals surface area contributed by atoms with Gasteiger partial charge in [-0.25, -0.2) is 9.97 Å². The highest BCUT2D eigenvalue weighted by atomic mass is 35.5. The molecule has 1 aromatic heterocycles. The third kappa shape index (κ3) is 7.02. The van der Waals surface area contributed by atoms with Crippen LogP contribution in [0.1, 0.15) is 79.2 Å². The number of ether oxygens (including phenoxy) is 1. The van der Waals surface area contributed by atoms with E-state index < -0.39 is 14.4 Å². The lowest BCUT2D eigenvalue weighted by Gasteiger charge is -2.40. The van der Waals surface area contributed by atoms with Crippen LogP contribution < -0.4 is 10.6 Å². The normalized spacial score (nSPS) is 21.3. The quantitative estimate of drug-likeness (QED) is 0.219. The molecule has 0 saturated carbocycles. The number of aromatic nitrogens is 2. The SMILES string of the molecule is CC(C)(C)[Si](C)(C)OC1Cc2ccccc2[C@@H]1NC(=O)CN1C(=O)c2cc(-c3nc(NC4CCOCC4)ncc3Cl)ccc2C1CCO. The van der Waals surface area contributed by atoms with Gasteiger partial charge in [-0.15, -0.1) is 0 Å². The molecule has 2 aromatic carbocycles. The van der Waals surface area contributed by atoms with Gasteiger partial charge in [0.2, 0.25) is 11.9 Å². The Hall–Kier alpha value is -3.35. The van der Waals surface area contributed by atoms with Crippen molar-refractivity contribution in [1.82, 2.24) is 20.2 Å². The molecule has 0 bridgehead atoms. The fourth-order valence-electron chi connectivity index (χ4n) is 6.69. The van der Waals surface area contributed by atoms with Crippen molar-refractivity contribution in [2.45, 2.75) is 88.8 Å². The second kappa shape index (κ2) is 13.9. The molecule has 3 heterocycles. The standard InChI is InChI=1S/C36H46ClN5O5Si/c1-36(2,3)48(4,5)47-30-19-22-8-6-7-9-25(22)33(30)40-31(44)21-42-29(12-15-43)26-11-10-23(18-27(26)34(42)45)32-28(37)20-38-35(41-32)39-24-13-16-46-17-14-24/h6-11,18,20,24,29-30,33,43H,12-17,19,21H2,1-5H3,(H,40,44)(H,38,39,41)/t29?,30?,33-/m0/s1. The Morgan fingerprint density at radius 1 is 1.15 bits per heavy atom. The zero-order valence-corrected chi connectivity index (χ0v) is 30.1. The van der Waals surface area contributed by atoms with Crippen LogP contribution in [0.5, 0.6) is 0 Å². The number of rotatable bonds is 10. The largest absolute Gasteiger partial charge is 0.411 e. The predicted octanol–water partition coefficient (Wildman–Crippen LogP) is 6.07. The first kappa shape index (κ1) is 34.5. The number of hydrogen-bond donors (Lipinski definition) is 3. The molecule has 0 radical (unpaired) electrons. The summed E-state index contributed by atoms with van der Waals surface area (Å²) in [7, 11) is -2.14. The van der Waals surface area contributed by atoms with Crippen molar-refractivity contribution in [2.75, 3.05) is 31.7 Å². The second-order valence-corrected chi connectivity index (χ2v) is 19.7. The molecular formula is C36H46ClN5O5Si. The average Bonchev–Trinajstić information content (AvgIpc) is 3.51. The molecule has 12 heteroatoms. The zero-order valence-electron chi connectivity index (χ0n) is 28.4. The highest BCUT2D eigenvalue weighted by Crippen LogP contribution is 2.43. The van der Waals surface area contributed by atoms with E-state index in [1.165, 1.54) is 0 Å². The van der Waals surface area contributed by atoms with Crippen LogP contribution in [0.15, 0.2) is 48.7 Å². The highest BCUT2D eigenvalue weighted by molar-refractivity contribution is 6.74. The first-order valence-corrected chi connectivity index (χ1v) is 20.1. The van der Waals surface area contributed by atoms with Gasteiger partial charge in [0.05, 0.1) is 35.1 Å². The first-order chi connectivity index (χ1) is 22.9. The van der Waals surface area contributed by atoms with E-state index in [0.29, 0.717) is 47.4 Å². The predicted molar refractivity (Wildman–Crippen MR) is 189 cm³/mol. The molecule has 48 heavy (non-hydrogen) atoms. The molecule has 2 aliphatic heterocycles.